The maximum absolute atomic E-state index is 12.2. The molecule has 2 N–H and O–H groups in total. The largest absolute Gasteiger partial charge is 0.444 e. The Morgan fingerprint density at radius 3 is 2.40 bits per heavy atom. The first kappa shape index (κ1) is 16.4. The molecule has 25 heavy (non-hydrogen) atoms. The molecule has 1 heterocycles. The molecule has 6 nitrogen and oxygen atoms in total. The number of carbonyl (C=O) groups is 2. The number of hydrogen-bond acceptors (Lipinski definition) is 4. The Morgan fingerprint density at radius 2 is 1.76 bits per heavy atom. The summed E-state index contributed by atoms with van der Waals surface area (Å²) in [5.41, 5.74) is 2.01. The summed E-state index contributed by atoms with van der Waals surface area (Å²) in [7, 11) is 0. The smallest absolute Gasteiger partial charge is 0.251 e. The fourth-order valence-electron chi connectivity index (χ4n) is 2.26. The van der Waals surface area contributed by atoms with E-state index in [1.165, 1.54) is 6.39 Å². The van der Waals surface area contributed by atoms with E-state index in [0.717, 1.165) is 5.56 Å². The summed E-state index contributed by atoms with van der Waals surface area (Å²) in [4.78, 5) is 28.2. The molecule has 0 saturated carbocycles. The monoisotopic (exact) mass is 335 g/mol. The van der Waals surface area contributed by atoms with Crippen molar-refractivity contribution >= 4 is 17.5 Å². The first-order chi connectivity index (χ1) is 12.1. The summed E-state index contributed by atoms with van der Waals surface area (Å²) < 4.78 is 5.22. The highest BCUT2D eigenvalue weighted by Crippen LogP contribution is 2.20. The Bertz CT molecular complexity index is 843. The Morgan fingerprint density at radius 1 is 1.04 bits per heavy atom. The fraction of sp³-hybridized carbons (Fsp3) is 0.105. The number of anilines is 1. The average molecular weight is 335 g/mol. The van der Waals surface area contributed by atoms with Gasteiger partial charge in [-0.25, -0.2) is 4.98 Å². The zero-order valence-corrected chi connectivity index (χ0v) is 13.6. The molecule has 2 amide bonds. The van der Waals surface area contributed by atoms with E-state index >= 15 is 0 Å². The van der Waals surface area contributed by atoms with E-state index in [2.05, 4.69) is 15.6 Å². The second-order valence-corrected chi connectivity index (χ2v) is 5.49. The number of carbonyl (C=O) groups excluding carboxylic acids is 2. The van der Waals surface area contributed by atoms with Gasteiger partial charge in [-0.3, -0.25) is 9.59 Å². The van der Waals surface area contributed by atoms with Crippen molar-refractivity contribution in [1.82, 2.24) is 10.3 Å². The molecule has 1 aromatic heterocycles. The van der Waals surface area contributed by atoms with Gasteiger partial charge in [0.1, 0.15) is 6.04 Å². The number of rotatable bonds is 5. The highest BCUT2D eigenvalue weighted by Gasteiger charge is 2.16. The second kappa shape index (κ2) is 7.44. The van der Waals surface area contributed by atoms with Gasteiger partial charge in [0.2, 0.25) is 5.91 Å². The van der Waals surface area contributed by atoms with E-state index < -0.39 is 6.04 Å². The molecule has 0 fully saturated rings. The molecule has 0 aliphatic rings. The molecule has 1 atom stereocenters. The number of hydrogen-bond donors (Lipinski definition) is 2. The maximum Gasteiger partial charge on any atom is 0.251 e. The van der Waals surface area contributed by atoms with Crippen molar-refractivity contribution in [3.8, 4) is 11.3 Å². The Hall–Kier alpha value is -3.41. The van der Waals surface area contributed by atoms with Crippen LogP contribution in [0, 0.1) is 0 Å². The summed E-state index contributed by atoms with van der Waals surface area (Å²) in [5.74, 6) is 0.0713. The van der Waals surface area contributed by atoms with Crippen LogP contribution < -0.4 is 10.6 Å². The van der Waals surface area contributed by atoms with Gasteiger partial charge < -0.3 is 15.1 Å². The van der Waals surface area contributed by atoms with Gasteiger partial charge in [-0.2, -0.15) is 0 Å². The molecule has 6 heteroatoms. The highest BCUT2D eigenvalue weighted by atomic mass is 16.3. The first-order valence-corrected chi connectivity index (χ1v) is 7.79. The zero-order chi connectivity index (χ0) is 17.6. The van der Waals surface area contributed by atoms with E-state index in [0.29, 0.717) is 17.0 Å². The number of nitrogens with zero attached hydrogens (tertiary/aromatic N) is 1. The highest BCUT2D eigenvalue weighted by molar-refractivity contribution is 6.01. The molecule has 0 radical (unpaired) electrons. The van der Waals surface area contributed by atoms with Crippen LogP contribution in [0.25, 0.3) is 11.3 Å². The lowest BCUT2D eigenvalue weighted by atomic mass is 10.1. The van der Waals surface area contributed by atoms with Crippen LogP contribution in [0.5, 0.6) is 0 Å². The quantitative estimate of drug-likeness (QED) is 0.750. The number of amides is 2. The van der Waals surface area contributed by atoms with Crippen LogP contribution in [0.3, 0.4) is 0 Å². The Kier molecular flexibility index (Phi) is 4.89. The molecule has 2 aromatic carbocycles. The van der Waals surface area contributed by atoms with Gasteiger partial charge in [0.25, 0.3) is 5.91 Å². The number of benzene rings is 2. The summed E-state index contributed by atoms with van der Waals surface area (Å²) in [6.07, 6.45) is 2.98. The van der Waals surface area contributed by atoms with Gasteiger partial charge in [-0.15, -0.1) is 0 Å². The third-order valence-electron chi connectivity index (χ3n) is 3.65. The summed E-state index contributed by atoms with van der Waals surface area (Å²) >= 11 is 0. The van der Waals surface area contributed by atoms with Gasteiger partial charge in [-0.05, 0) is 43.3 Å². The third kappa shape index (κ3) is 4.11. The molecule has 3 rings (SSSR count). The van der Waals surface area contributed by atoms with Crippen LogP contribution in [0.4, 0.5) is 5.69 Å². The minimum atomic E-state index is -0.665. The van der Waals surface area contributed by atoms with Crippen LogP contribution in [-0.4, -0.2) is 22.8 Å². The van der Waals surface area contributed by atoms with E-state index in [9.17, 15) is 9.59 Å². The lowest BCUT2D eigenvalue weighted by Crippen LogP contribution is -2.41. The molecule has 0 spiro atoms. The molecular formula is C19H17N3O3. The predicted octanol–water partition coefficient (Wildman–Crippen LogP) is 3.10. The normalized spacial score (nSPS) is 11.6. The van der Waals surface area contributed by atoms with Gasteiger partial charge in [0.05, 0.1) is 6.20 Å². The van der Waals surface area contributed by atoms with Crippen LogP contribution in [-0.2, 0) is 4.79 Å². The van der Waals surface area contributed by atoms with Crippen molar-refractivity contribution in [2.45, 2.75) is 13.0 Å². The summed E-state index contributed by atoms with van der Waals surface area (Å²) in [5, 5.41) is 5.45. The van der Waals surface area contributed by atoms with Gasteiger partial charge >= 0.3 is 0 Å². The zero-order valence-electron chi connectivity index (χ0n) is 13.6. The van der Waals surface area contributed by atoms with Crippen molar-refractivity contribution in [2.24, 2.45) is 0 Å². The molecule has 0 aliphatic heterocycles. The van der Waals surface area contributed by atoms with Crippen molar-refractivity contribution < 1.29 is 14.0 Å². The molecule has 126 valence electrons. The molecule has 0 aliphatic carbocycles. The second-order valence-electron chi connectivity index (χ2n) is 5.49. The van der Waals surface area contributed by atoms with E-state index in [1.807, 2.05) is 18.2 Å². The molecule has 1 unspecified atom stereocenters. The Balaban J connectivity index is 1.59. The molecule has 0 saturated heterocycles. The Labute approximate surface area is 144 Å². The van der Waals surface area contributed by atoms with Crippen LogP contribution in [0.2, 0.25) is 0 Å². The van der Waals surface area contributed by atoms with Gasteiger partial charge in [0.15, 0.2) is 12.2 Å². The van der Waals surface area contributed by atoms with Crippen LogP contribution in [0.15, 0.2) is 71.6 Å². The minimum absolute atomic E-state index is 0.288. The SMILES string of the molecule is CC(NC(=O)c1ccccc1)C(=O)Nc1ccc(-c2cnco2)cc1. The summed E-state index contributed by atoms with van der Waals surface area (Å²) in [6, 6.07) is 15.3. The topological polar surface area (TPSA) is 84.2 Å². The maximum atomic E-state index is 12.2. The lowest BCUT2D eigenvalue weighted by molar-refractivity contribution is -0.117. The van der Waals surface area contributed by atoms with E-state index in [-0.39, 0.29) is 11.8 Å². The molecular weight excluding hydrogens is 318 g/mol. The van der Waals surface area contributed by atoms with Crippen LogP contribution in [0.1, 0.15) is 17.3 Å². The fourth-order valence-corrected chi connectivity index (χ4v) is 2.26. The van der Waals surface area contributed by atoms with E-state index in [4.69, 9.17) is 4.42 Å². The number of nitrogens with one attached hydrogen (secondary N) is 2. The van der Waals surface area contributed by atoms with Crippen molar-refractivity contribution in [1.29, 1.82) is 0 Å². The van der Waals surface area contributed by atoms with Crippen molar-refractivity contribution in [2.75, 3.05) is 5.32 Å². The van der Waals surface area contributed by atoms with Gasteiger partial charge in [0, 0.05) is 16.8 Å². The number of oxazole rings is 1. The van der Waals surface area contributed by atoms with Gasteiger partial charge in [-0.1, -0.05) is 18.2 Å². The first-order valence-electron chi connectivity index (χ1n) is 7.79. The van der Waals surface area contributed by atoms with Crippen LogP contribution >= 0.6 is 0 Å². The standard InChI is InChI=1S/C19H17N3O3/c1-13(21-19(24)15-5-3-2-4-6-15)18(23)22-16-9-7-14(8-10-16)17-11-20-12-25-17/h2-13H,1H3,(H,21,24)(H,22,23). The molecule has 3 aromatic rings. The average Bonchev–Trinajstić information content (AvgIpc) is 3.17. The predicted molar refractivity (Wildman–Crippen MR) is 93.9 cm³/mol. The van der Waals surface area contributed by atoms with E-state index in [1.54, 1.807) is 49.5 Å². The third-order valence-corrected chi connectivity index (χ3v) is 3.65. The number of aromatic nitrogens is 1. The minimum Gasteiger partial charge on any atom is -0.444 e. The lowest BCUT2D eigenvalue weighted by Gasteiger charge is -2.14. The van der Waals surface area contributed by atoms with Crippen molar-refractivity contribution in [3.05, 3.63) is 72.8 Å². The van der Waals surface area contributed by atoms with Crippen molar-refractivity contribution in [3.63, 3.8) is 0 Å². The molecule has 0 bridgehead atoms. The summed E-state index contributed by atoms with van der Waals surface area (Å²) in [6.45, 7) is 1.64.